The molecule has 1 N–H and O–H groups in total. The zero-order chi connectivity index (χ0) is 18.4. The first kappa shape index (κ1) is 18.5. The largest absolute Gasteiger partial charge is 0.480 e. The SMILES string of the molecule is CCC(Oc1ccccc1C)C(=O)Nc1ccc(N(C)C(C)=O)cc1. The second-order valence-corrected chi connectivity index (χ2v) is 5.89. The molecule has 0 aliphatic rings. The molecule has 25 heavy (non-hydrogen) atoms. The molecular formula is C20H24N2O3. The third kappa shape index (κ3) is 4.83. The number of hydrogen-bond acceptors (Lipinski definition) is 3. The van der Waals surface area contributed by atoms with Gasteiger partial charge in [0.1, 0.15) is 5.75 Å². The maximum absolute atomic E-state index is 12.5. The van der Waals surface area contributed by atoms with Crippen LogP contribution in [0.4, 0.5) is 11.4 Å². The number of carbonyl (C=O) groups excluding carboxylic acids is 2. The van der Waals surface area contributed by atoms with E-state index < -0.39 is 6.10 Å². The van der Waals surface area contributed by atoms with Crippen LogP contribution in [0, 0.1) is 6.92 Å². The number of nitrogens with one attached hydrogen (secondary N) is 1. The number of para-hydroxylation sites is 1. The van der Waals surface area contributed by atoms with Crippen molar-refractivity contribution in [2.24, 2.45) is 0 Å². The number of rotatable bonds is 6. The molecule has 0 saturated carbocycles. The van der Waals surface area contributed by atoms with E-state index in [4.69, 9.17) is 4.74 Å². The lowest BCUT2D eigenvalue weighted by atomic mass is 10.2. The fourth-order valence-corrected chi connectivity index (χ4v) is 2.34. The van der Waals surface area contributed by atoms with Gasteiger partial charge in [0.05, 0.1) is 0 Å². The van der Waals surface area contributed by atoms with E-state index >= 15 is 0 Å². The molecule has 1 unspecified atom stereocenters. The second kappa shape index (κ2) is 8.33. The summed E-state index contributed by atoms with van der Waals surface area (Å²) < 4.78 is 5.86. The van der Waals surface area contributed by atoms with Crippen LogP contribution in [0.1, 0.15) is 25.8 Å². The molecule has 5 heteroatoms. The number of amides is 2. The van der Waals surface area contributed by atoms with Crippen LogP contribution in [0.2, 0.25) is 0 Å². The van der Waals surface area contributed by atoms with E-state index in [1.54, 1.807) is 36.2 Å². The predicted octanol–water partition coefficient (Wildman–Crippen LogP) is 3.77. The van der Waals surface area contributed by atoms with Crippen LogP contribution in [0.15, 0.2) is 48.5 Å². The van der Waals surface area contributed by atoms with Crippen LogP contribution >= 0.6 is 0 Å². The van der Waals surface area contributed by atoms with Gasteiger partial charge in [-0.25, -0.2) is 0 Å². The van der Waals surface area contributed by atoms with Crippen molar-refractivity contribution in [3.8, 4) is 5.75 Å². The molecule has 0 saturated heterocycles. The highest BCUT2D eigenvalue weighted by molar-refractivity contribution is 5.95. The van der Waals surface area contributed by atoms with E-state index in [9.17, 15) is 9.59 Å². The van der Waals surface area contributed by atoms with Gasteiger partial charge in [-0.15, -0.1) is 0 Å². The number of anilines is 2. The van der Waals surface area contributed by atoms with Crippen molar-refractivity contribution in [3.05, 3.63) is 54.1 Å². The van der Waals surface area contributed by atoms with Crippen molar-refractivity contribution in [1.82, 2.24) is 0 Å². The molecule has 0 heterocycles. The fourth-order valence-electron chi connectivity index (χ4n) is 2.34. The van der Waals surface area contributed by atoms with Gasteiger partial charge in [-0.3, -0.25) is 9.59 Å². The number of benzene rings is 2. The minimum atomic E-state index is -0.569. The Hall–Kier alpha value is -2.82. The lowest BCUT2D eigenvalue weighted by Gasteiger charge is -2.19. The van der Waals surface area contributed by atoms with Crippen LogP contribution in [0.3, 0.4) is 0 Å². The second-order valence-electron chi connectivity index (χ2n) is 5.89. The van der Waals surface area contributed by atoms with E-state index in [2.05, 4.69) is 5.32 Å². The predicted molar refractivity (Wildman–Crippen MR) is 100 cm³/mol. The summed E-state index contributed by atoms with van der Waals surface area (Å²) >= 11 is 0. The van der Waals surface area contributed by atoms with Gasteiger partial charge in [0, 0.05) is 25.3 Å². The minimum Gasteiger partial charge on any atom is -0.480 e. The Labute approximate surface area is 148 Å². The van der Waals surface area contributed by atoms with Crippen LogP contribution in [0.25, 0.3) is 0 Å². The van der Waals surface area contributed by atoms with Crippen molar-refractivity contribution in [1.29, 1.82) is 0 Å². The summed E-state index contributed by atoms with van der Waals surface area (Å²) in [6, 6.07) is 14.8. The maximum atomic E-state index is 12.5. The van der Waals surface area contributed by atoms with Crippen molar-refractivity contribution in [2.75, 3.05) is 17.3 Å². The van der Waals surface area contributed by atoms with Crippen molar-refractivity contribution < 1.29 is 14.3 Å². The monoisotopic (exact) mass is 340 g/mol. The number of aryl methyl sites for hydroxylation is 1. The van der Waals surface area contributed by atoms with Gasteiger partial charge in [-0.2, -0.15) is 0 Å². The van der Waals surface area contributed by atoms with Crippen molar-refractivity contribution in [2.45, 2.75) is 33.3 Å². The molecule has 0 spiro atoms. The van der Waals surface area contributed by atoms with Gasteiger partial charge < -0.3 is 15.0 Å². The quantitative estimate of drug-likeness (QED) is 0.871. The van der Waals surface area contributed by atoms with Crippen molar-refractivity contribution in [3.63, 3.8) is 0 Å². The molecule has 0 bridgehead atoms. The highest BCUT2D eigenvalue weighted by atomic mass is 16.5. The van der Waals surface area contributed by atoms with Crippen LogP contribution < -0.4 is 15.0 Å². The van der Waals surface area contributed by atoms with Gasteiger partial charge in [-0.05, 0) is 49.2 Å². The number of ether oxygens (including phenoxy) is 1. The highest BCUT2D eigenvalue weighted by Crippen LogP contribution is 2.21. The lowest BCUT2D eigenvalue weighted by molar-refractivity contribution is -0.122. The summed E-state index contributed by atoms with van der Waals surface area (Å²) in [5.74, 6) is 0.468. The molecule has 2 amide bonds. The lowest BCUT2D eigenvalue weighted by Crippen LogP contribution is -2.32. The molecule has 0 radical (unpaired) electrons. The Kier molecular flexibility index (Phi) is 6.17. The van der Waals surface area contributed by atoms with E-state index in [1.807, 2.05) is 38.1 Å². The molecule has 0 fully saturated rings. The van der Waals surface area contributed by atoms with E-state index in [0.717, 1.165) is 11.3 Å². The van der Waals surface area contributed by atoms with Gasteiger partial charge in [0.2, 0.25) is 5.91 Å². The third-order valence-corrected chi connectivity index (χ3v) is 4.02. The molecule has 5 nitrogen and oxygen atoms in total. The van der Waals surface area contributed by atoms with Crippen LogP contribution in [-0.2, 0) is 9.59 Å². The summed E-state index contributed by atoms with van der Waals surface area (Å²) in [6.07, 6.45) is -0.00799. The van der Waals surface area contributed by atoms with Crippen LogP contribution in [-0.4, -0.2) is 25.0 Å². The Balaban J connectivity index is 2.04. The van der Waals surface area contributed by atoms with E-state index in [1.165, 1.54) is 6.92 Å². The zero-order valence-electron chi connectivity index (χ0n) is 15.1. The average molecular weight is 340 g/mol. The van der Waals surface area contributed by atoms with Gasteiger partial charge in [-0.1, -0.05) is 25.1 Å². The maximum Gasteiger partial charge on any atom is 0.265 e. The Morgan fingerprint density at radius 3 is 2.32 bits per heavy atom. The van der Waals surface area contributed by atoms with Gasteiger partial charge in [0.25, 0.3) is 5.91 Å². The summed E-state index contributed by atoms with van der Waals surface area (Å²) in [5.41, 5.74) is 2.43. The smallest absolute Gasteiger partial charge is 0.265 e. The standard InChI is InChI=1S/C20H24N2O3/c1-5-18(25-19-9-7-6-8-14(19)2)20(24)21-16-10-12-17(13-11-16)22(4)15(3)23/h6-13,18H,5H2,1-4H3,(H,21,24). The highest BCUT2D eigenvalue weighted by Gasteiger charge is 2.19. The number of nitrogens with zero attached hydrogens (tertiary/aromatic N) is 1. The zero-order valence-corrected chi connectivity index (χ0v) is 15.1. The van der Waals surface area contributed by atoms with E-state index in [-0.39, 0.29) is 11.8 Å². The minimum absolute atomic E-state index is 0.0468. The summed E-state index contributed by atoms with van der Waals surface area (Å²) in [5, 5.41) is 2.86. The summed E-state index contributed by atoms with van der Waals surface area (Å²) in [4.78, 5) is 25.4. The summed E-state index contributed by atoms with van der Waals surface area (Å²) in [6.45, 7) is 5.36. The Bertz CT molecular complexity index is 741. The molecule has 1 atom stereocenters. The number of hydrogen-bond donors (Lipinski definition) is 1. The van der Waals surface area contributed by atoms with E-state index in [0.29, 0.717) is 17.9 Å². The number of carbonyl (C=O) groups is 2. The molecule has 0 aromatic heterocycles. The Morgan fingerprint density at radius 1 is 1.12 bits per heavy atom. The fraction of sp³-hybridized carbons (Fsp3) is 0.300. The third-order valence-electron chi connectivity index (χ3n) is 4.02. The first-order chi connectivity index (χ1) is 11.9. The van der Waals surface area contributed by atoms with Gasteiger partial charge >= 0.3 is 0 Å². The molecule has 132 valence electrons. The summed E-state index contributed by atoms with van der Waals surface area (Å²) in [7, 11) is 1.71. The molecule has 2 rings (SSSR count). The molecule has 0 aliphatic carbocycles. The normalized spacial score (nSPS) is 11.5. The molecule has 2 aromatic rings. The first-order valence-electron chi connectivity index (χ1n) is 8.30. The molecule has 0 aliphatic heterocycles. The first-order valence-corrected chi connectivity index (χ1v) is 8.30. The van der Waals surface area contributed by atoms with Crippen molar-refractivity contribution >= 4 is 23.2 Å². The topological polar surface area (TPSA) is 58.6 Å². The molecular weight excluding hydrogens is 316 g/mol. The average Bonchev–Trinajstić information content (AvgIpc) is 2.60. The van der Waals surface area contributed by atoms with Crippen LogP contribution in [0.5, 0.6) is 5.75 Å². The van der Waals surface area contributed by atoms with Gasteiger partial charge in [0.15, 0.2) is 6.10 Å². The Morgan fingerprint density at radius 2 is 1.76 bits per heavy atom. The molecule has 2 aromatic carbocycles.